The van der Waals surface area contributed by atoms with Gasteiger partial charge in [0, 0.05) is 0 Å². The molecular formula is C17H36. The molecule has 0 aromatic carbocycles. The summed E-state index contributed by atoms with van der Waals surface area (Å²) in [6.45, 7) is 21.5. The maximum absolute atomic E-state index is 2.22. The van der Waals surface area contributed by atoms with Crippen LogP contribution in [0.2, 0.25) is 0 Å². The lowest BCUT2D eigenvalue weighted by Gasteiger charge is -2.01. The number of allylic oxidation sites excluding steroid dienone is 4. The van der Waals surface area contributed by atoms with Crippen molar-refractivity contribution >= 4 is 0 Å². The molecule has 0 aliphatic rings. The van der Waals surface area contributed by atoms with Gasteiger partial charge in [-0.3, -0.25) is 0 Å². The zero-order valence-corrected chi connectivity index (χ0v) is 14.0. The largest absolute Gasteiger partial charge is 0.0764 e. The van der Waals surface area contributed by atoms with Gasteiger partial charge in [0.15, 0.2) is 0 Å². The molecule has 0 aliphatic carbocycles. The van der Waals surface area contributed by atoms with Gasteiger partial charge >= 0.3 is 0 Å². The molecule has 0 nitrogen and oxygen atoms in total. The molecule has 0 aliphatic heterocycles. The zero-order valence-electron chi connectivity index (χ0n) is 14.0. The first-order valence-electron chi connectivity index (χ1n) is 7.12. The molecule has 0 spiro atoms. The third-order valence-corrected chi connectivity index (χ3v) is 2.41. The fourth-order valence-electron chi connectivity index (χ4n) is 0.491. The third kappa shape index (κ3) is 25.6. The Morgan fingerprint density at radius 3 is 1.41 bits per heavy atom. The monoisotopic (exact) mass is 240 g/mol. The van der Waals surface area contributed by atoms with Gasteiger partial charge in [-0.2, -0.15) is 0 Å². The predicted octanol–water partition coefficient (Wildman–Crippen LogP) is 6.63. The fraction of sp³-hybridized carbons (Fsp3) is 0.765. The van der Waals surface area contributed by atoms with E-state index in [0.29, 0.717) is 5.92 Å². The van der Waals surface area contributed by atoms with E-state index in [-0.39, 0.29) is 0 Å². The van der Waals surface area contributed by atoms with Gasteiger partial charge in [-0.25, -0.2) is 0 Å². The van der Waals surface area contributed by atoms with Crippen LogP contribution in [0.3, 0.4) is 0 Å². The van der Waals surface area contributed by atoms with Crippen molar-refractivity contribution in [1.29, 1.82) is 0 Å². The molecular weight excluding hydrogens is 204 g/mol. The normalized spacial score (nSPS) is 10.2. The molecule has 0 saturated heterocycles. The molecule has 0 heteroatoms. The van der Waals surface area contributed by atoms with E-state index in [1.807, 2.05) is 13.8 Å². The summed E-state index contributed by atoms with van der Waals surface area (Å²) in [5.41, 5.74) is 2.81. The van der Waals surface area contributed by atoms with E-state index < -0.39 is 0 Å². The highest BCUT2D eigenvalue weighted by molar-refractivity contribution is 5.15. The Bertz CT molecular complexity index is 188. The Morgan fingerprint density at radius 2 is 1.24 bits per heavy atom. The van der Waals surface area contributed by atoms with E-state index in [1.54, 1.807) is 0 Å². The van der Waals surface area contributed by atoms with Crippen molar-refractivity contribution in [2.24, 2.45) is 11.8 Å². The van der Waals surface area contributed by atoms with Crippen LogP contribution >= 0.6 is 0 Å². The van der Waals surface area contributed by atoms with Crippen LogP contribution < -0.4 is 0 Å². The van der Waals surface area contributed by atoms with Crippen LogP contribution in [-0.4, -0.2) is 0 Å². The molecule has 0 rings (SSSR count). The lowest BCUT2D eigenvalue weighted by Crippen LogP contribution is -1.86. The van der Waals surface area contributed by atoms with Gasteiger partial charge in [-0.1, -0.05) is 78.2 Å². The molecule has 0 bridgehead atoms. The molecule has 0 N–H and O–H groups in total. The molecule has 0 saturated carbocycles. The Hall–Kier alpha value is -0.520. The molecule has 0 atom stereocenters. The van der Waals surface area contributed by atoms with Gasteiger partial charge in [-0.05, 0) is 32.6 Å². The molecule has 0 unspecified atom stereocenters. The standard InChI is InChI=1S/C10H18.C5H12.C2H6/c1-8(2)6-7-10(5)9(3)4;1-4-5(2)3;1-2/h6-7,9H,1-5H3;5H,4H2,1-3H3;1-2H3/b10-7+;;. The highest BCUT2D eigenvalue weighted by Crippen LogP contribution is 2.08. The van der Waals surface area contributed by atoms with E-state index >= 15 is 0 Å². The first-order chi connectivity index (χ1) is 7.81. The molecule has 104 valence electrons. The smallest absolute Gasteiger partial charge is 0.0260 e. The maximum atomic E-state index is 2.22. The lowest BCUT2D eigenvalue weighted by atomic mass is 10.0. The van der Waals surface area contributed by atoms with Gasteiger partial charge in [0.25, 0.3) is 0 Å². The highest BCUT2D eigenvalue weighted by Gasteiger charge is 1.92. The van der Waals surface area contributed by atoms with Gasteiger partial charge < -0.3 is 0 Å². The van der Waals surface area contributed by atoms with Gasteiger partial charge in [0.2, 0.25) is 0 Å². The van der Waals surface area contributed by atoms with Crippen molar-refractivity contribution in [3.8, 4) is 0 Å². The van der Waals surface area contributed by atoms with Gasteiger partial charge in [-0.15, -0.1) is 0 Å². The van der Waals surface area contributed by atoms with Gasteiger partial charge in [0.05, 0.1) is 0 Å². The molecule has 0 radical (unpaired) electrons. The van der Waals surface area contributed by atoms with E-state index in [1.165, 1.54) is 17.6 Å². The van der Waals surface area contributed by atoms with Crippen LogP contribution in [-0.2, 0) is 0 Å². The average Bonchev–Trinajstić information content (AvgIpc) is 2.29. The van der Waals surface area contributed by atoms with Crippen molar-refractivity contribution in [3.05, 3.63) is 23.3 Å². The molecule has 17 heavy (non-hydrogen) atoms. The van der Waals surface area contributed by atoms with Gasteiger partial charge in [0.1, 0.15) is 0 Å². The highest BCUT2D eigenvalue weighted by atomic mass is 14.0. The minimum Gasteiger partial charge on any atom is -0.0764 e. The first-order valence-corrected chi connectivity index (χ1v) is 7.12. The summed E-state index contributed by atoms with van der Waals surface area (Å²) in [6.07, 6.45) is 5.66. The zero-order chi connectivity index (χ0) is 14.4. The number of hydrogen-bond donors (Lipinski definition) is 0. The number of hydrogen-bond acceptors (Lipinski definition) is 0. The molecule has 0 fully saturated rings. The Kier molecular flexibility index (Phi) is 19.8. The minimum absolute atomic E-state index is 0.676. The minimum atomic E-state index is 0.676. The Balaban J connectivity index is -0.000000236. The molecule has 0 amide bonds. The lowest BCUT2D eigenvalue weighted by molar-refractivity contribution is 0.626. The quantitative estimate of drug-likeness (QED) is 0.485. The molecule has 0 aromatic rings. The van der Waals surface area contributed by atoms with Crippen LogP contribution in [0.4, 0.5) is 0 Å². The summed E-state index contributed by atoms with van der Waals surface area (Å²) < 4.78 is 0. The second kappa shape index (κ2) is 15.5. The van der Waals surface area contributed by atoms with Crippen LogP contribution in [0.15, 0.2) is 23.3 Å². The molecule has 0 aromatic heterocycles. The predicted molar refractivity (Wildman–Crippen MR) is 84.5 cm³/mol. The van der Waals surface area contributed by atoms with E-state index in [4.69, 9.17) is 0 Å². The second-order valence-corrected chi connectivity index (χ2v) is 5.11. The van der Waals surface area contributed by atoms with Crippen LogP contribution in [0.1, 0.15) is 75.7 Å². The topological polar surface area (TPSA) is 0 Å². The SMILES string of the molecule is CC.CC(C)=C/C=C(\C)C(C)C.CCC(C)C. The van der Waals surface area contributed by atoms with Crippen LogP contribution in [0.25, 0.3) is 0 Å². The van der Waals surface area contributed by atoms with Crippen molar-refractivity contribution in [3.63, 3.8) is 0 Å². The van der Waals surface area contributed by atoms with Crippen molar-refractivity contribution in [2.75, 3.05) is 0 Å². The summed E-state index contributed by atoms with van der Waals surface area (Å²) >= 11 is 0. The fourth-order valence-corrected chi connectivity index (χ4v) is 0.491. The maximum Gasteiger partial charge on any atom is -0.0260 e. The van der Waals surface area contributed by atoms with Crippen LogP contribution in [0, 0.1) is 11.8 Å². The third-order valence-electron chi connectivity index (χ3n) is 2.41. The number of rotatable bonds is 3. The van der Waals surface area contributed by atoms with Crippen LogP contribution in [0.5, 0.6) is 0 Å². The average molecular weight is 240 g/mol. The summed E-state index contributed by atoms with van der Waals surface area (Å²) in [4.78, 5) is 0. The van der Waals surface area contributed by atoms with E-state index in [9.17, 15) is 0 Å². The van der Waals surface area contributed by atoms with Crippen molar-refractivity contribution < 1.29 is 0 Å². The molecule has 0 heterocycles. The van der Waals surface area contributed by atoms with E-state index in [0.717, 1.165) is 5.92 Å². The first kappa shape index (κ1) is 21.7. The summed E-state index contributed by atoms with van der Waals surface area (Å²) in [7, 11) is 0. The van der Waals surface area contributed by atoms with Crippen molar-refractivity contribution in [1.82, 2.24) is 0 Å². The summed E-state index contributed by atoms with van der Waals surface area (Å²) in [5.74, 6) is 1.56. The van der Waals surface area contributed by atoms with E-state index in [2.05, 4.69) is 67.5 Å². The summed E-state index contributed by atoms with van der Waals surface area (Å²) in [6, 6.07) is 0. The van der Waals surface area contributed by atoms with Crippen molar-refractivity contribution in [2.45, 2.75) is 75.7 Å². The summed E-state index contributed by atoms with van der Waals surface area (Å²) in [5, 5.41) is 0. The second-order valence-electron chi connectivity index (χ2n) is 5.11. The Labute approximate surface area is 111 Å². The Morgan fingerprint density at radius 1 is 0.882 bits per heavy atom.